The number of aromatic nitrogens is 6. The van der Waals surface area contributed by atoms with Gasteiger partial charge in [0.2, 0.25) is 0 Å². The number of fused-ring (bicyclic) bond motifs is 6. The van der Waals surface area contributed by atoms with Crippen LogP contribution in [-0.2, 0) is 14.1 Å². The fraction of sp³-hybridized carbons (Fsp3) is 0.529. The molecule has 0 amide bonds. The molecular weight excluding hydrogens is 352 g/mol. The summed E-state index contributed by atoms with van der Waals surface area (Å²) in [5.41, 5.74) is -1.99. The van der Waals surface area contributed by atoms with Crippen molar-refractivity contribution in [1.82, 2.24) is 27.9 Å². The quantitative estimate of drug-likeness (QED) is 0.524. The molecule has 0 saturated heterocycles. The van der Waals surface area contributed by atoms with Gasteiger partial charge in [0, 0.05) is 24.9 Å². The molecule has 0 bridgehead atoms. The number of allylic oxidation sites excluding steroid dienone is 4. The summed E-state index contributed by atoms with van der Waals surface area (Å²) in [6.45, 7) is 0. The highest BCUT2D eigenvalue weighted by Crippen LogP contribution is 2.87. The van der Waals surface area contributed by atoms with E-state index in [1.54, 1.807) is 18.7 Å². The van der Waals surface area contributed by atoms with Gasteiger partial charge in [-0.25, -0.2) is 47.0 Å². The fourth-order valence-electron chi connectivity index (χ4n) is 6.78. The summed E-state index contributed by atoms with van der Waals surface area (Å²) in [5, 5.41) is 0. The molecule has 138 valence electrons. The highest BCUT2D eigenvalue weighted by molar-refractivity contribution is 5.44. The molecule has 0 radical (unpaired) electrons. The van der Waals surface area contributed by atoms with Crippen LogP contribution in [0.4, 0.5) is 0 Å². The Kier molecular flexibility index (Phi) is 1.84. The second-order valence-corrected chi connectivity index (χ2v) is 8.43. The molecule has 10 heteroatoms. The monoisotopic (exact) mass is 368 g/mol. The Morgan fingerprint density at radius 3 is 1.15 bits per heavy atom. The van der Waals surface area contributed by atoms with Gasteiger partial charge in [0.15, 0.2) is 0 Å². The van der Waals surface area contributed by atoms with Gasteiger partial charge in [0.1, 0.15) is 0 Å². The fourth-order valence-corrected chi connectivity index (χ4v) is 6.78. The van der Waals surface area contributed by atoms with Gasteiger partial charge in [-0.05, 0) is 6.42 Å². The molecular formula is C17H16N6O4. The van der Waals surface area contributed by atoms with Gasteiger partial charge in [0.25, 0.3) is 0 Å². The summed E-state index contributed by atoms with van der Waals surface area (Å²) in [4.78, 5) is 50.9. The maximum Gasteiger partial charge on any atom is 0.347 e. The molecule has 2 aromatic rings. The summed E-state index contributed by atoms with van der Waals surface area (Å²) < 4.78 is 8.54. The summed E-state index contributed by atoms with van der Waals surface area (Å²) in [6.07, 6.45) is 8.55. The van der Waals surface area contributed by atoms with E-state index in [9.17, 15) is 19.2 Å². The average molecular weight is 368 g/mol. The molecule has 0 aromatic carbocycles. The van der Waals surface area contributed by atoms with Gasteiger partial charge in [0.05, 0.1) is 24.2 Å². The van der Waals surface area contributed by atoms with E-state index in [0.29, 0.717) is 0 Å². The van der Waals surface area contributed by atoms with E-state index < -0.39 is 0 Å². The van der Waals surface area contributed by atoms with E-state index in [1.165, 1.54) is 14.1 Å². The van der Waals surface area contributed by atoms with Crippen molar-refractivity contribution >= 4 is 0 Å². The molecule has 2 aliphatic heterocycles. The zero-order valence-corrected chi connectivity index (χ0v) is 14.6. The van der Waals surface area contributed by atoms with Crippen molar-refractivity contribution in [3.05, 3.63) is 66.2 Å². The van der Waals surface area contributed by atoms with Crippen LogP contribution in [0.3, 0.4) is 0 Å². The first kappa shape index (κ1) is 14.1. The Morgan fingerprint density at radius 1 is 0.630 bits per heavy atom. The van der Waals surface area contributed by atoms with Crippen LogP contribution in [0, 0.1) is 10.8 Å². The predicted octanol–water partition coefficient (Wildman–Crippen LogP) is -1.58. The maximum absolute atomic E-state index is 12.7. The Balaban J connectivity index is 1.60. The van der Waals surface area contributed by atoms with Crippen LogP contribution in [0.25, 0.3) is 0 Å². The Morgan fingerprint density at radius 2 is 0.889 bits per heavy atom. The summed E-state index contributed by atoms with van der Waals surface area (Å²) in [6, 6.07) is -0.956. The van der Waals surface area contributed by atoms with E-state index in [2.05, 4.69) is 0 Å². The normalized spacial score (nSPS) is 40.7. The molecule has 0 N–H and O–H groups in total. The van der Waals surface area contributed by atoms with E-state index in [0.717, 1.165) is 15.6 Å². The van der Waals surface area contributed by atoms with Crippen molar-refractivity contribution < 1.29 is 0 Å². The zero-order chi connectivity index (χ0) is 18.6. The number of rotatable bonds is 0. The molecule has 1 fully saturated rings. The van der Waals surface area contributed by atoms with Crippen molar-refractivity contribution in [2.24, 2.45) is 24.9 Å². The summed E-state index contributed by atoms with van der Waals surface area (Å²) >= 11 is 0. The molecule has 7 rings (SSSR count). The van der Waals surface area contributed by atoms with Crippen molar-refractivity contribution in [3.63, 3.8) is 0 Å². The van der Waals surface area contributed by atoms with Crippen LogP contribution in [0.5, 0.6) is 0 Å². The third-order valence-corrected chi connectivity index (χ3v) is 7.84. The lowest BCUT2D eigenvalue weighted by atomic mass is 9.68. The first-order valence-electron chi connectivity index (χ1n) is 9.04. The second kappa shape index (κ2) is 3.54. The Hall–Kier alpha value is -3.04. The maximum atomic E-state index is 12.7. The Bertz CT molecular complexity index is 1200. The van der Waals surface area contributed by atoms with E-state index in [4.69, 9.17) is 0 Å². The van der Waals surface area contributed by atoms with Crippen LogP contribution in [0.1, 0.15) is 30.6 Å². The molecule has 3 aliphatic carbocycles. The molecule has 27 heavy (non-hydrogen) atoms. The highest BCUT2D eigenvalue weighted by atomic mass is 16.2. The largest absolute Gasteiger partial charge is 0.347 e. The topological polar surface area (TPSA) is 97.9 Å². The number of nitrogens with zero attached hydrogens (tertiary/aromatic N) is 6. The minimum absolute atomic E-state index is 0.239. The van der Waals surface area contributed by atoms with Crippen molar-refractivity contribution in [2.45, 2.75) is 30.6 Å². The van der Waals surface area contributed by atoms with Crippen LogP contribution in [0.2, 0.25) is 0 Å². The summed E-state index contributed by atoms with van der Waals surface area (Å²) in [5.74, 6) is 0. The third-order valence-electron chi connectivity index (χ3n) is 7.84. The molecule has 10 nitrogen and oxygen atoms in total. The second-order valence-electron chi connectivity index (χ2n) is 8.43. The molecule has 1 saturated carbocycles. The summed E-state index contributed by atoms with van der Waals surface area (Å²) in [7, 11) is 2.99. The first-order valence-corrected chi connectivity index (χ1v) is 9.04. The number of hydrogen-bond acceptors (Lipinski definition) is 4. The smallest absolute Gasteiger partial charge is 0.246 e. The molecule has 2 aromatic heterocycles. The van der Waals surface area contributed by atoms with Gasteiger partial charge in [-0.1, -0.05) is 24.3 Å². The van der Waals surface area contributed by atoms with E-state index in [1.807, 2.05) is 24.3 Å². The first-order chi connectivity index (χ1) is 12.9. The highest BCUT2D eigenvalue weighted by Gasteiger charge is 2.86. The average Bonchev–Trinajstić information content (AvgIpc) is 3.05. The lowest BCUT2D eigenvalue weighted by molar-refractivity contribution is 0.191. The van der Waals surface area contributed by atoms with Gasteiger partial charge < -0.3 is 0 Å². The number of hydrogen-bond donors (Lipinski definition) is 0. The van der Waals surface area contributed by atoms with E-state index >= 15 is 0 Å². The molecule has 2 unspecified atom stereocenters. The molecule has 4 heterocycles. The van der Waals surface area contributed by atoms with Crippen LogP contribution in [0.15, 0.2) is 43.5 Å². The SMILES string of the molecule is Cn1c(=O)n2n(c1=O)[C@@H]1C=C[C@@H]3n4c(=O)n(C)c(=O)n4[C@@H]4C=C[C@H]2C12CC342. The van der Waals surface area contributed by atoms with Crippen LogP contribution in [-0.4, -0.2) is 27.9 Å². The standard InChI is InChI=1S/C17H16N6O4/c1-18-12(24)20-8-3-5-10-17-7-16(8,17)9(21(20)13(18)25)4-6-11(17)23-15(27)19(2)14(26)22(10)23/h3-6,8-11H,7H2,1-2H3/t8-,9+,10+,11-,16?,17?. The minimum atomic E-state index is -0.345. The van der Waals surface area contributed by atoms with Crippen molar-refractivity contribution in [1.29, 1.82) is 0 Å². The van der Waals surface area contributed by atoms with Crippen LogP contribution < -0.4 is 22.8 Å². The zero-order valence-electron chi connectivity index (χ0n) is 14.6. The predicted molar refractivity (Wildman–Crippen MR) is 91.8 cm³/mol. The van der Waals surface area contributed by atoms with Crippen molar-refractivity contribution in [3.8, 4) is 0 Å². The van der Waals surface area contributed by atoms with Crippen LogP contribution >= 0.6 is 0 Å². The van der Waals surface area contributed by atoms with Gasteiger partial charge in [-0.2, -0.15) is 0 Å². The van der Waals surface area contributed by atoms with Gasteiger partial charge >= 0.3 is 22.8 Å². The lowest BCUT2D eigenvalue weighted by Crippen LogP contribution is -2.41. The molecule has 5 aliphatic rings. The van der Waals surface area contributed by atoms with Gasteiger partial charge in [-0.15, -0.1) is 0 Å². The van der Waals surface area contributed by atoms with Crippen molar-refractivity contribution in [2.75, 3.05) is 0 Å². The Labute approximate surface area is 150 Å². The lowest BCUT2D eigenvalue weighted by Gasteiger charge is -2.36. The minimum Gasteiger partial charge on any atom is -0.246 e. The molecule has 2 spiro atoms. The van der Waals surface area contributed by atoms with Gasteiger partial charge in [-0.3, -0.25) is 0 Å². The van der Waals surface area contributed by atoms with E-state index in [-0.39, 0.29) is 57.8 Å². The third kappa shape index (κ3) is 1.01. The molecule has 6 atom stereocenters.